The molecule has 0 radical (unpaired) electrons. The highest BCUT2D eigenvalue weighted by molar-refractivity contribution is 5.81. The van der Waals surface area contributed by atoms with Crippen molar-refractivity contribution in [1.29, 1.82) is 0 Å². The Morgan fingerprint density at radius 2 is 1.63 bits per heavy atom. The van der Waals surface area contributed by atoms with Crippen LogP contribution in [0, 0.1) is 0 Å². The second-order valence-electron chi connectivity index (χ2n) is 4.48. The molecule has 2 aromatic carbocycles. The van der Waals surface area contributed by atoms with E-state index in [-0.39, 0.29) is 0 Å². The van der Waals surface area contributed by atoms with Gasteiger partial charge in [0.25, 0.3) is 0 Å². The topological polar surface area (TPSA) is 30.2 Å². The van der Waals surface area contributed by atoms with E-state index >= 15 is 0 Å². The van der Waals surface area contributed by atoms with Gasteiger partial charge in [-0.3, -0.25) is 0 Å². The van der Waals surface area contributed by atoms with Crippen molar-refractivity contribution in [3.05, 3.63) is 66.9 Å². The molecule has 2 aromatic heterocycles. The standard InChI is InChI=1S/C16H11N3/c1-2-6-12(7-3-1)14-10-16-17-11-13-8-4-5-9-15(13)19(16)18-14/h1-11H. The number of aromatic nitrogens is 3. The summed E-state index contributed by atoms with van der Waals surface area (Å²) in [5.74, 6) is 0. The van der Waals surface area contributed by atoms with E-state index in [9.17, 15) is 0 Å². The minimum Gasteiger partial charge on any atom is -0.236 e. The summed E-state index contributed by atoms with van der Waals surface area (Å²) in [6.45, 7) is 0. The molecule has 4 rings (SSSR count). The smallest absolute Gasteiger partial charge is 0.156 e. The van der Waals surface area contributed by atoms with E-state index < -0.39 is 0 Å². The van der Waals surface area contributed by atoms with Crippen LogP contribution in [0.2, 0.25) is 0 Å². The highest BCUT2D eigenvalue weighted by Crippen LogP contribution is 2.21. The Kier molecular flexibility index (Phi) is 2.12. The lowest BCUT2D eigenvalue weighted by Crippen LogP contribution is -1.92. The van der Waals surface area contributed by atoms with Crippen LogP contribution >= 0.6 is 0 Å². The summed E-state index contributed by atoms with van der Waals surface area (Å²) in [5.41, 5.74) is 4.01. The zero-order chi connectivity index (χ0) is 12.7. The number of para-hydroxylation sites is 1. The van der Waals surface area contributed by atoms with Crippen molar-refractivity contribution >= 4 is 16.6 Å². The molecule has 3 heteroatoms. The first-order valence-electron chi connectivity index (χ1n) is 6.21. The molecule has 0 aliphatic carbocycles. The Balaban J connectivity index is 2.04. The quantitative estimate of drug-likeness (QED) is 0.513. The van der Waals surface area contributed by atoms with Gasteiger partial charge in [0, 0.05) is 23.2 Å². The van der Waals surface area contributed by atoms with E-state index in [1.165, 1.54) is 0 Å². The summed E-state index contributed by atoms with van der Waals surface area (Å²) in [5, 5.41) is 5.76. The van der Waals surface area contributed by atoms with Crippen LogP contribution in [-0.2, 0) is 0 Å². The molecule has 0 bridgehead atoms. The summed E-state index contributed by atoms with van der Waals surface area (Å²) in [7, 11) is 0. The molecule has 0 fully saturated rings. The maximum absolute atomic E-state index is 4.67. The van der Waals surface area contributed by atoms with Crippen molar-refractivity contribution in [2.75, 3.05) is 0 Å². The minimum absolute atomic E-state index is 0.873. The van der Waals surface area contributed by atoms with Gasteiger partial charge in [0.1, 0.15) is 0 Å². The van der Waals surface area contributed by atoms with Gasteiger partial charge in [-0.05, 0) is 6.07 Å². The van der Waals surface area contributed by atoms with Crippen molar-refractivity contribution in [1.82, 2.24) is 14.6 Å². The van der Waals surface area contributed by atoms with Gasteiger partial charge >= 0.3 is 0 Å². The first-order chi connectivity index (χ1) is 9.42. The molecule has 0 aliphatic heterocycles. The Hall–Kier alpha value is -2.68. The van der Waals surface area contributed by atoms with Crippen molar-refractivity contribution in [3.8, 4) is 11.3 Å². The zero-order valence-electron chi connectivity index (χ0n) is 10.2. The molecule has 0 amide bonds. The summed E-state index contributed by atoms with van der Waals surface area (Å²) < 4.78 is 1.90. The molecule has 0 N–H and O–H groups in total. The van der Waals surface area contributed by atoms with Gasteiger partial charge in [-0.1, -0.05) is 48.5 Å². The van der Waals surface area contributed by atoms with Crippen molar-refractivity contribution in [2.45, 2.75) is 0 Å². The molecule has 0 aliphatic rings. The van der Waals surface area contributed by atoms with E-state index in [2.05, 4.69) is 28.3 Å². The maximum Gasteiger partial charge on any atom is 0.156 e. The van der Waals surface area contributed by atoms with Gasteiger partial charge < -0.3 is 0 Å². The van der Waals surface area contributed by atoms with Crippen LogP contribution in [0.1, 0.15) is 0 Å². The van der Waals surface area contributed by atoms with Crippen LogP contribution < -0.4 is 0 Å². The fraction of sp³-hybridized carbons (Fsp3) is 0. The lowest BCUT2D eigenvalue weighted by Gasteiger charge is -1.99. The number of hydrogen-bond donors (Lipinski definition) is 0. The SMILES string of the molecule is c1ccc(-c2cc3ncc4ccccc4n3n2)cc1. The molecule has 0 saturated carbocycles. The van der Waals surface area contributed by atoms with Crippen LogP contribution in [0.3, 0.4) is 0 Å². The Morgan fingerprint density at radius 3 is 2.53 bits per heavy atom. The molecule has 0 saturated heterocycles. The zero-order valence-corrected chi connectivity index (χ0v) is 10.2. The predicted molar refractivity (Wildman–Crippen MR) is 75.9 cm³/mol. The van der Waals surface area contributed by atoms with Crippen LogP contribution in [-0.4, -0.2) is 14.6 Å². The molecule has 19 heavy (non-hydrogen) atoms. The normalized spacial score (nSPS) is 11.2. The molecule has 0 unspecified atom stereocenters. The third kappa shape index (κ3) is 1.59. The molecule has 3 nitrogen and oxygen atoms in total. The molecular weight excluding hydrogens is 234 g/mol. The third-order valence-corrected chi connectivity index (χ3v) is 3.26. The van der Waals surface area contributed by atoms with Gasteiger partial charge in [-0.25, -0.2) is 9.50 Å². The number of rotatable bonds is 1. The van der Waals surface area contributed by atoms with Gasteiger partial charge in [0.05, 0.1) is 11.2 Å². The molecule has 0 spiro atoms. The van der Waals surface area contributed by atoms with E-state index in [0.29, 0.717) is 0 Å². The van der Waals surface area contributed by atoms with Gasteiger partial charge in [-0.15, -0.1) is 0 Å². The van der Waals surface area contributed by atoms with Crippen molar-refractivity contribution < 1.29 is 0 Å². The van der Waals surface area contributed by atoms with Crippen LogP contribution in [0.25, 0.3) is 27.8 Å². The minimum atomic E-state index is 0.873. The number of nitrogens with zero attached hydrogens (tertiary/aromatic N) is 3. The van der Waals surface area contributed by atoms with E-state index in [4.69, 9.17) is 0 Å². The van der Waals surface area contributed by atoms with Gasteiger partial charge in [-0.2, -0.15) is 5.10 Å². The highest BCUT2D eigenvalue weighted by Gasteiger charge is 2.07. The largest absolute Gasteiger partial charge is 0.236 e. The van der Waals surface area contributed by atoms with Crippen LogP contribution in [0.15, 0.2) is 66.9 Å². The van der Waals surface area contributed by atoms with E-state index in [1.807, 2.05) is 53.2 Å². The van der Waals surface area contributed by atoms with Crippen LogP contribution in [0.4, 0.5) is 0 Å². The average Bonchev–Trinajstić information content (AvgIpc) is 2.93. The van der Waals surface area contributed by atoms with Crippen molar-refractivity contribution in [3.63, 3.8) is 0 Å². The molecule has 0 atom stereocenters. The fourth-order valence-electron chi connectivity index (χ4n) is 2.32. The van der Waals surface area contributed by atoms with Gasteiger partial charge in [0.2, 0.25) is 0 Å². The Labute approximate surface area is 110 Å². The van der Waals surface area contributed by atoms with Gasteiger partial charge in [0.15, 0.2) is 5.65 Å². The highest BCUT2D eigenvalue weighted by atomic mass is 15.3. The molecule has 90 valence electrons. The van der Waals surface area contributed by atoms with E-state index in [1.54, 1.807) is 0 Å². The fourth-order valence-corrected chi connectivity index (χ4v) is 2.32. The third-order valence-electron chi connectivity index (χ3n) is 3.26. The first-order valence-corrected chi connectivity index (χ1v) is 6.21. The average molecular weight is 245 g/mol. The lowest BCUT2D eigenvalue weighted by molar-refractivity contribution is 0.988. The second-order valence-corrected chi connectivity index (χ2v) is 4.48. The Bertz CT molecular complexity index is 863. The number of benzene rings is 2. The summed E-state index contributed by atoms with van der Waals surface area (Å²) >= 11 is 0. The summed E-state index contributed by atoms with van der Waals surface area (Å²) in [6, 6.07) is 20.3. The van der Waals surface area contributed by atoms with Crippen LogP contribution in [0.5, 0.6) is 0 Å². The number of fused-ring (bicyclic) bond motifs is 3. The Morgan fingerprint density at radius 1 is 0.842 bits per heavy atom. The predicted octanol–water partition coefficient (Wildman–Crippen LogP) is 3.55. The number of hydrogen-bond acceptors (Lipinski definition) is 2. The summed E-state index contributed by atoms with van der Waals surface area (Å²) in [6.07, 6.45) is 1.89. The molecule has 4 aromatic rings. The first kappa shape index (κ1) is 10.3. The molecular formula is C16H11N3. The second kappa shape index (κ2) is 3.92. The van der Waals surface area contributed by atoms with E-state index in [0.717, 1.165) is 27.8 Å². The maximum atomic E-state index is 4.67. The lowest BCUT2D eigenvalue weighted by atomic mass is 10.2. The monoisotopic (exact) mass is 245 g/mol. The summed E-state index contributed by atoms with van der Waals surface area (Å²) in [4.78, 5) is 4.46. The van der Waals surface area contributed by atoms with Crippen molar-refractivity contribution in [2.24, 2.45) is 0 Å². The molecule has 2 heterocycles.